The van der Waals surface area contributed by atoms with Gasteiger partial charge in [0.1, 0.15) is 18.1 Å². The van der Waals surface area contributed by atoms with Crippen LogP contribution in [0.5, 0.6) is 11.5 Å². The van der Waals surface area contributed by atoms with Gasteiger partial charge in [0.15, 0.2) is 5.78 Å². The molecule has 0 heterocycles. The number of halogens is 1. The van der Waals surface area contributed by atoms with Crippen LogP contribution in [-0.2, 0) is 4.79 Å². The molecule has 0 saturated carbocycles. The molecular formula is C20H25ClN2O4. The maximum atomic E-state index is 12.2. The van der Waals surface area contributed by atoms with Crippen LogP contribution < -0.4 is 20.5 Å². The second-order valence-corrected chi connectivity index (χ2v) is 5.59. The quantitative estimate of drug-likeness (QED) is 0.604. The number of amides is 1. The Morgan fingerprint density at radius 3 is 2.11 bits per heavy atom. The lowest BCUT2D eigenvalue weighted by atomic mass is 10.1. The molecule has 0 aliphatic rings. The normalized spacial score (nSPS) is 9.85. The van der Waals surface area contributed by atoms with Crippen molar-refractivity contribution in [2.45, 2.75) is 19.8 Å². The molecule has 0 aromatic heterocycles. The lowest BCUT2D eigenvalue weighted by molar-refractivity contribution is -0.116. The van der Waals surface area contributed by atoms with Crippen LogP contribution in [0, 0.1) is 0 Å². The van der Waals surface area contributed by atoms with E-state index >= 15 is 0 Å². The van der Waals surface area contributed by atoms with Gasteiger partial charge in [-0.05, 0) is 55.5 Å². The highest BCUT2D eigenvalue weighted by atomic mass is 35.5. The SMILES string of the molecule is CCOc1ccc(C(=O)CCC(=O)Nc2ccc(OCCN)cc2)cc1.Cl. The molecule has 2 aromatic rings. The zero-order chi connectivity index (χ0) is 18.8. The van der Waals surface area contributed by atoms with Crippen LogP contribution in [0.1, 0.15) is 30.1 Å². The Labute approximate surface area is 165 Å². The number of anilines is 1. The first-order valence-corrected chi connectivity index (χ1v) is 8.61. The van der Waals surface area contributed by atoms with Gasteiger partial charge in [-0.3, -0.25) is 9.59 Å². The average Bonchev–Trinajstić information content (AvgIpc) is 2.66. The minimum atomic E-state index is -0.208. The zero-order valence-electron chi connectivity index (χ0n) is 15.3. The van der Waals surface area contributed by atoms with E-state index in [1.165, 1.54) is 0 Å². The van der Waals surface area contributed by atoms with E-state index < -0.39 is 0 Å². The Morgan fingerprint density at radius 1 is 0.926 bits per heavy atom. The molecule has 2 aromatic carbocycles. The van der Waals surface area contributed by atoms with E-state index in [0.717, 1.165) is 5.75 Å². The third-order valence-electron chi connectivity index (χ3n) is 3.59. The number of carbonyl (C=O) groups is 2. The van der Waals surface area contributed by atoms with Gasteiger partial charge in [-0.1, -0.05) is 0 Å². The maximum Gasteiger partial charge on any atom is 0.224 e. The number of hydrogen-bond donors (Lipinski definition) is 2. The molecule has 0 radical (unpaired) electrons. The number of benzene rings is 2. The second-order valence-electron chi connectivity index (χ2n) is 5.59. The van der Waals surface area contributed by atoms with E-state index in [1.807, 2.05) is 6.92 Å². The van der Waals surface area contributed by atoms with Crippen LogP contribution in [0.25, 0.3) is 0 Å². The number of ketones is 1. The van der Waals surface area contributed by atoms with Crippen molar-refractivity contribution in [1.82, 2.24) is 0 Å². The molecule has 0 unspecified atom stereocenters. The molecule has 2 rings (SSSR count). The molecule has 3 N–H and O–H groups in total. The van der Waals surface area contributed by atoms with Gasteiger partial charge in [0, 0.05) is 30.6 Å². The minimum Gasteiger partial charge on any atom is -0.494 e. The summed E-state index contributed by atoms with van der Waals surface area (Å²) in [5.74, 6) is 1.13. The number of carbonyl (C=O) groups excluding carboxylic acids is 2. The number of rotatable bonds is 10. The molecule has 0 saturated heterocycles. The van der Waals surface area contributed by atoms with Crippen LogP contribution in [0.3, 0.4) is 0 Å². The standard InChI is InChI=1S/C20H24N2O4.ClH/c1-2-25-17-7-3-15(4-8-17)19(23)11-12-20(24)22-16-5-9-18(10-6-16)26-14-13-21;/h3-10H,2,11-14,21H2,1H3,(H,22,24);1H. The predicted octanol–water partition coefficient (Wildman–Crippen LogP) is 3.45. The molecule has 0 bridgehead atoms. The zero-order valence-corrected chi connectivity index (χ0v) is 16.1. The number of ether oxygens (including phenoxy) is 2. The topological polar surface area (TPSA) is 90.7 Å². The van der Waals surface area contributed by atoms with E-state index in [9.17, 15) is 9.59 Å². The predicted molar refractivity (Wildman–Crippen MR) is 108 cm³/mol. The molecule has 6 nitrogen and oxygen atoms in total. The van der Waals surface area contributed by atoms with Crippen molar-refractivity contribution in [1.29, 1.82) is 0 Å². The summed E-state index contributed by atoms with van der Waals surface area (Å²) in [6.07, 6.45) is 0.273. The fraction of sp³-hybridized carbons (Fsp3) is 0.300. The van der Waals surface area contributed by atoms with Crippen LogP contribution in [0.4, 0.5) is 5.69 Å². The third-order valence-corrected chi connectivity index (χ3v) is 3.59. The minimum absolute atomic E-state index is 0. The first kappa shape index (κ1) is 22.5. The van der Waals surface area contributed by atoms with E-state index in [0.29, 0.717) is 36.8 Å². The highest BCUT2D eigenvalue weighted by Crippen LogP contribution is 2.17. The molecule has 146 valence electrons. The molecule has 0 aliphatic carbocycles. The molecule has 0 aliphatic heterocycles. The summed E-state index contributed by atoms with van der Waals surface area (Å²) in [5, 5.41) is 2.77. The molecule has 27 heavy (non-hydrogen) atoms. The van der Waals surface area contributed by atoms with Gasteiger partial charge in [0.2, 0.25) is 5.91 Å². The first-order valence-electron chi connectivity index (χ1n) is 8.61. The molecule has 0 spiro atoms. The molecule has 0 fully saturated rings. The summed E-state index contributed by atoms with van der Waals surface area (Å²) >= 11 is 0. The van der Waals surface area contributed by atoms with Crippen LogP contribution in [-0.4, -0.2) is 31.4 Å². The first-order chi connectivity index (χ1) is 12.6. The van der Waals surface area contributed by atoms with Crippen LogP contribution in [0.15, 0.2) is 48.5 Å². The van der Waals surface area contributed by atoms with Crippen molar-refractivity contribution < 1.29 is 19.1 Å². The lowest BCUT2D eigenvalue weighted by Crippen LogP contribution is -2.13. The fourth-order valence-electron chi connectivity index (χ4n) is 2.31. The Morgan fingerprint density at radius 2 is 1.52 bits per heavy atom. The van der Waals surface area contributed by atoms with Gasteiger partial charge in [-0.15, -0.1) is 12.4 Å². The highest BCUT2D eigenvalue weighted by Gasteiger charge is 2.10. The number of hydrogen-bond acceptors (Lipinski definition) is 5. The smallest absolute Gasteiger partial charge is 0.224 e. The van der Waals surface area contributed by atoms with Gasteiger partial charge in [-0.25, -0.2) is 0 Å². The number of nitrogens with one attached hydrogen (secondary N) is 1. The maximum absolute atomic E-state index is 12.2. The highest BCUT2D eigenvalue weighted by molar-refractivity contribution is 6.00. The molecular weight excluding hydrogens is 368 g/mol. The summed E-state index contributed by atoms with van der Waals surface area (Å²) in [6, 6.07) is 14.0. The average molecular weight is 393 g/mol. The summed E-state index contributed by atoms with van der Waals surface area (Å²) in [7, 11) is 0. The van der Waals surface area contributed by atoms with Crippen molar-refractivity contribution >= 4 is 29.8 Å². The molecule has 1 amide bonds. The van der Waals surface area contributed by atoms with Crippen LogP contribution in [0.2, 0.25) is 0 Å². The number of nitrogens with two attached hydrogens (primary N) is 1. The van der Waals surface area contributed by atoms with Gasteiger partial charge >= 0.3 is 0 Å². The van der Waals surface area contributed by atoms with E-state index in [-0.39, 0.29) is 36.9 Å². The van der Waals surface area contributed by atoms with Crippen molar-refractivity contribution in [3.63, 3.8) is 0 Å². The van der Waals surface area contributed by atoms with E-state index in [1.54, 1.807) is 48.5 Å². The Kier molecular flexibility index (Phi) is 9.93. The van der Waals surface area contributed by atoms with Crippen molar-refractivity contribution in [3.8, 4) is 11.5 Å². The van der Waals surface area contributed by atoms with Gasteiger partial charge in [0.25, 0.3) is 0 Å². The van der Waals surface area contributed by atoms with Gasteiger partial charge in [-0.2, -0.15) is 0 Å². The van der Waals surface area contributed by atoms with E-state index in [4.69, 9.17) is 15.2 Å². The Hall–Kier alpha value is -2.57. The number of Topliss-reactive ketones (excluding diaryl/α,β-unsaturated/α-hetero) is 1. The second kappa shape index (κ2) is 11.9. The summed E-state index contributed by atoms with van der Waals surface area (Å²) in [5.41, 5.74) is 6.61. The Balaban J connectivity index is 0.00000364. The largest absolute Gasteiger partial charge is 0.494 e. The summed E-state index contributed by atoms with van der Waals surface area (Å²) < 4.78 is 10.7. The van der Waals surface area contributed by atoms with Crippen molar-refractivity contribution in [2.24, 2.45) is 5.73 Å². The van der Waals surface area contributed by atoms with Gasteiger partial charge < -0.3 is 20.5 Å². The summed E-state index contributed by atoms with van der Waals surface area (Å²) in [6.45, 7) is 3.37. The molecule has 0 atom stereocenters. The van der Waals surface area contributed by atoms with E-state index in [2.05, 4.69) is 5.32 Å². The Bertz CT molecular complexity index is 718. The van der Waals surface area contributed by atoms with Crippen LogP contribution >= 0.6 is 12.4 Å². The monoisotopic (exact) mass is 392 g/mol. The lowest BCUT2D eigenvalue weighted by Gasteiger charge is -2.08. The third kappa shape index (κ3) is 7.68. The van der Waals surface area contributed by atoms with Crippen molar-refractivity contribution in [2.75, 3.05) is 25.1 Å². The fourth-order valence-corrected chi connectivity index (χ4v) is 2.31. The summed E-state index contributed by atoms with van der Waals surface area (Å²) in [4.78, 5) is 24.2. The van der Waals surface area contributed by atoms with Crippen molar-refractivity contribution in [3.05, 3.63) is 54.1 Å². The molecule has 7 heteroatoms. The van der Waals surface area contributed by atoms with Gasteiger partial charge in [0.05, 0.1) is 6.61 Å².